The first-order valence-corrected chi connectivity index (χ1v) is 16.1. The van der Waals surface area contributed by atoms with Gasteiger partial charge in [0.2, 0.25) is 0 Å². The van der Waals surface area contributed by atoms with Crippen LogP contribution in [0, 0.1) is 0 Å². The molecule has 0 unspecified atom stereocenters. The van der Waals surface area contributed by atoms with Gasteiger partial charge in [0.15, 0.2) is 11.6 Å². The number of ketones is 2. The average Bonchev–Trinajstić information content (AvgIpc) is 3.58. The van der Waals surface area contributed by atoms with Crippen molar-refractivity contribution in [3.8, 4) is 0 Å². The Labute approximate surface area is 269 Å². The molecular formula is C42H25NO2S. The lowest BCUT2D eigenvalue weighted by Crippen LogP contribution is -2.10. The topological polar surface area (TPSA) is 37.4 Å². The summed E-state index contributed by atoms with van der Waals surface area (Å²) in [5, 5.41) is 7.11. The number of anilines is 3. The zero-order valence-electron chi connectivity index (χ0n) is 24.6. The van der Waals surface area contributed by atoms with Gasteiger partial charge in [-0.3, -0.25) is 9.59 Å². The van der Waals surface area contributed by atoms with Crippen LogP contribution in [0.5, 0.6) is 0 Å². The summed E-state index contributed by atoms with van der Waals surface area (Å²) in [6, 6.07) is 50.0. The molecule has 0 bridgehead atoms. The highest BCUT2D eigenvalue weighted by molar-refractivity contribution is 7.25. The smallest absolute Gasteiger partial charge is 0.197 e. The Morgan fingerprint density at radius 1 is 0.478 bits per heavy atom. The second kappa shape index (κ2) is 10.4. The summed E-state index contributed by atoms with van der Waals surface area (Å²) in [6.45, 7) is 0. The van der Waals surface area contributed by atoms with Crippen molar-refractivity contribution in [2.75, 3.05) is 4.90 Å². The Bertz CT molecular complexity index is 2550. The van der Waals surface area contributed by atoms with Crippen LogP contribution in [0.1, 0.15) is 26.3 Å². The van der Waals surface area contributed by atoms with Crippen LogP contribution in [0.25, 0.3) is 47.8 Å². The molecule has 1 heterocycles. The summed E-state index contributed by atoms with van der Waals surface area (Å²) in [5.74, 6) is -0.409. The Morgan fingerprint density at radius 2 is 1.09 bits per heavy atom. The van der Waals surface area contributed by atoms with Crippen molar-refractivity contribution in [2.45, 2.75) is 0 Å². The minimum Gasteiger partial charge on any atom is -0.310 e. The highest BCUT2D eigenvalue weighted by Gasteiger charge is 2.32. The Morgan fingerprint density at radius 3 is 1.89 bits per heavy atom. The Kier molecular flexibility index (Phi) is 5.99. The number of allylic oxidation sites excluding steroid dienone is 1. The van der Waals surface area contributed by atoms with E-state index in [9.17, 15) is 9.59 Å². The van der Waals surface area contributed by atoms with Crippen molar-refractivity contribution in [3.63, 3.8) is 0 Å². The van der Waals surface area contributed by atoms with Gasteiger partial charge in [-0.2, -0.15) is 0 Å². The number of Topliss-reactive ketones (excluding diaryl/α,β-unsaturated/α-hetero) is 2. The summed E-state index contributed by atoms with van der Waals surface area (Å²) in [7, 11) is 0. The van der Waals surface area contributed by atoms with Gasteiger partial charge in [-0.25, -0.2) is 0 Å². The van der Waals surface area contributed by atoms with Gasteiger partial charge in [-0.1, -0.05) is 109 Å². The Balaban J connectivity index is 1.18. The van der Waals surface area contributed by atoms with E-state index in [4.69, 9.17) is 0 Å². The van der Waals surface area contributed by atoms with Crippen molar-refractivity contribution >= 4 is 87.8 Å². The van der Waals surface area contributed by atoms with Crippen molar-refractivity contribution in [1.82, 2.24) is 0 Å². The van der Waals surface area contributed by atoms with E-state index < -0.39 is 0 Å². The number of rotatable bonds is 4. The molecule has 0 radical (unpaired) electrons. The fourth-order valence-corrected chi connectivity index (χ4v) is 7.92. The minimum absolute atomic E-state index is 0.205. The van der Waals surface area contributed by atoms with E-state index in [0.29, 0.717) is 11.1 Å². The molecule has 1 aromatic heterocycles. The molecule has 7 aromatic carbocycles. The van der Waals surface area contributed by atoms with E-state index in [0.717, 1.165) is 32.7 Å². The molecule has 0 saturated heterocycles. The zero-order valence-corrected chi connectivity index (χ0v) is 25.4. The molecule has 1 aliphatic rings. The van der Waals surface area contributed by atoms with Crippen LogP contribution in [0.15, 0.2) is 151 Å². The number of hydrogen-bond acceptors (Lipinski definition) is 4. The number of carbonyl (C=O) groups is 2. The monoisotopic (exact) mass is 607 g/mol. The normalized spacial score (nSPS) is 12.8. The standard InChI is InChI=1S/C42H25NO2S/c44-41-35-13-5-6-14-36(35)42(45)37(41)22-26-16-20-33-34-21-19-31(25-40(34)46-39(33)23-26)43(30-18-17-27-8-1-2-10-29(27)24-30)38-15-7-11-28-9-3-4-12-32(28)38/h1-25H. The van der Waals surface area contributed by atoms with E-state index in [1.54, 1.807) is 41.7 Å². The summed E-state index contributed by atoms with van der Waals surface area (Å²) in [5.41, 5.74) is 5.33. The number of fused-ring (bicyclic) bond motifs is 6. The maximum absolute atomic E-state index is 13.0. The molecule has 3 nitrogen and oxygen atoms in total. The second-order valence-corrected chi connectivity index (χ2v) is 12.7. The maximum Gasteiger partial charge on any atom is 0.197 e. The molecule has 0 atom stereocenters. The van der Waals surface area contributed by atoms with Crippen LogP contribution in [0.4, 0.5) is 17.1 Å². The SMILES string of the molecule is O=C1C(=Cc2ccc3c(c2)sc2cc(N(c4ccc5ccccc5c4)c4cccc5ccccc45)ccc23)C(=O)c2ccccc21. The van der Waals surface area contributed by atoms with E-state index in [1.807, 2.05) is 6.07 Å². The van der Waals surface area contributed by atoms with E-state index in [-0.39, 0.29) is 17.1 Å². The Hall–Kier alpha value is -5.84. The lowest BCUT2D eigenvalue weighted by atomic mass is 10.0. The summed E-state index contributed by atoms with van der Waals surface area (Å²) in [4.78, 5) is 28.4. The fourth-order valence-electron chi connectivity index (χ4n) is 6.73. The third-order valence-electron chi connectivity index (χ3n) is 8.95. The van der Waals surface area contributed by atoms with Crippen LogP contribution >= 0.6 is 11.3 Å². The van der Waals surface area contributed by atoms with Gasteiger partial charge >= 0.3 is 0 Å². The molecule has 0 spiro atoms. The second-order valence-electron chi connectivity index (χ2n) is 11.7. The van der Waals surface area contributed by atoms with Crippen molar-refractivity contribution in [1.29, 1.82) is 0 Å². The highest BCUT2D eigenvalue weighted by atomic mass is 32.1. The number of benzene rings is 7. The van der Waals surface area contributed by atoms with Gasteiger partial charge in [-0.05, 0) is 64.2 Å². The van der Waals surface area contributed by atoms with Crippen LogP contribution < -0.4 is 4.90 Å². The van der Waals surface area contributed by atoms with Crippen LogP contribution in [-0.4, -0.2) is 11.6 Å². The molecule has 1 aliphatic carbocycles. The first kappa shape index (κ1) is 26.6. The molecule has 0 amide bonds. The molecule has 8 aromatic rings. The number of hydrogen-bond donors (Lipinski definition) is 0. The quantitative estimate of drug-likeness (QED) is 0.148. The van der Waals surface area contributed by atoms with E-state index in [2.05, 4.69) is 120 Å². The van der Waals surface area contributed by atoms with Gasteiger partial charge in [0.1, 0.15) is 0 Å². The summed E-state index contributed by atoms with van der Waals surface area (Å²) >= 11 is 1.73. The zero-order chi connectivity index (χ0) is 30.8. The van der Waals surface area contributed by atoms with Gasteiger partial charge in [0, 0.05) is 48.1 Å². The first-order valence-electron chi connectivity index (χ1n) is 15.3. The molecule has 216 valence electrons. The lowest BCUT2D eigenvalue weighted by molar-refractivity contribution is 0.0990. The minimum atomic E-state index is -0.205. The third-order valence-corrected chi connectivity index (χ3v) is 10.1. The largest absolute Gasteiger partial charge is 0.310 e. The molecule has 9 rings (SSSR count). The van der Waals surface area contributed by atoms with Gasteiger partial charge < -0.3 is 4.90 Å². The van der Waals surface area contributed by atoms with E-state index in [1.165, 1.54) is 31.6 Å². The van der Waals surface area contributed by atoms with Crippen LogP contribution in [0.3, 0.4) is 0 Å². The molecule has 0 fully saturated rings. The number of thiophene rings is 1. The van der Waals surface area contributed by atoms with Crippen LogP contribution in [0.2, 0.25) is 0 Å². The molecular weight excluding hydrogens is 583 g/mol. The first-order chi connectivity index (χ1) is 22.6. The molecule has 4 heteroatoms. The van der Waals surface area contributed by atoms with Gasteiger partial charge in [0.25, 0.3) is 0 Å². The molecule has 0 aliphatic heterocycles. The van der Waals surface area contributed by atoms with Crippen LogP contribution in [-0.2, 0) is 0 Å². The fraction of sp³-hybridized carbons (Fsp3) is 0. The van der Waals surface area contributed by atoms with Gasteiger partial charge in [-0.15, -0.1) is 11.3 Å². The van der Waals surface area contributed by atoms with Crippen molar-refractivity contribution in [2.24, 2.45) is 0 Å². The highest BCUT2D eigenvalue weighted by Crippen LogP contribution is 2.43. The number of nitrogens with zero attached hydrogens (tertiary/aromatic N) is 1. The third kappa shape index (κ3) is 4.19. The van der Waals surface area contributed by atoms with Gasteiger partial charge in [0.05, 0.1) is 11.3 Å². The predicted octanol–water partition coefficient (Wildman–Crippen LogP) is 11.3. The molecule has 0 N–H and O–H groups in total. The summed E-state index contributed by atoms with van der Waals surface area (Å²) in [6.07, 6.45) is 1.74. The lowest BCUT2D eigenvalue weighted by Gasteiger charge is -2.27. The van der Waals surface area contributed by atoms with E-state index >= 15 is 0 Å². The molecule has 0 saturated carbocycles. The van der Waals surface area contributed by atoms with Crippen molar-refractivity contribution < 1.29 is 9.59 Å². The summed E-state index contributed by atoms with van der Waals surface area (Å²) < 4.78 is 2.28. The number of carbonyl (C=O) groups excluding carboxylic acids is 2. The van der Waals surface area contributed by atoms with Crippen molar-refractivity contribution in [3.05, 3.63) is 168 Å². The average molecular weight is 608 g/mol. The maximum atomic E-state index is 13.0. The molecule has 46 heavy (non-hydrogen) atoms. The predicted molar refractivity (Wildman–Crippen MR) is 192 cm³/mol.